The first kappa shape index (κ1) is 9.73. The summed E-state index contributed by atoms with van der Waals surface area (Å²) in [5.41, 5.74) is 5.30. The largest absolute Gasteiger partial charge is 0.481 e. The second kappa shape index (κ2) is 4.61. The van der Waals surface area contributed by atoms with Gasteiger partial charge in [-0.15, -0.1) is 0 Å². The molecule has 0 saturated heterocycles. The molecule has 0 aliphatic heterocycles. The second-order valence-corrected chi connectivity index (χ2v) is 2.83. The molecule has 1 aromatic rings. The number of nitrogens with two attached hydrogens (primary N) is 1. The van der Waals surface area contributed by atoms with E-state index in [0.717, 1.165) is 0 Å². The van der Waals surface area contributed by atoms with Crippen molar-refractivity contribution in [1.82, 2.24) is 9.78 Å². The van der Waals surface area contributed by atoms with E-state index >= 15 is 0 Å². The van der Waals surface area contributed by atoms with Crippen LogP contribution in [0.2, 0.25) is 0 Å². The fourth-order valence-electron chi connectivity index (χ4n) is 1.06. The molecule has 1 aromatic heterocycles. The summed E-state index contributed by atoms with van der Waals surface area (Å²) in [6, 6.07) is 1.80. The van der Waals surface area contributed by atoms with Gasteiger partial charge in [0.2, 0.25) is 0 Å². The SMILES string of the molecule is NCC(CCn1cccn1)C(=O)O. The van der Waals surface area contributed by atoms with Crippen LogP contribution in [0.25, 0.3) is 0 Å². The van der Waals surface area contributed by atoms with Crippen molar-refractivity contribution in [3.63, 3.8) is 0 Å². The lowest BCUT2D eigenvalue weighted by atomic mass is 10.1. The third kappa shape index (κ3) is 2.87. The Morgan fingerprint density at radius 3 is 2.92 bits per heavy atom. The lowest BCUT2D eigenvalue weighted by Gasteiger charge is -2.08. The van der Waals surface area contributed by atoms with Crippen molar-refractivity contribution in [2.45, 2.75) is 13.0 Å². The molecule has 1 atom stereocenters. The van der Waals surface area contributed by atoms with E-state index in [1.54, 1.807) is 23.1 Å². The summed E-state index contributed by atoms with van der Waals surface area (Å²) in [5, 5.41) is 12.7. The number of carboxylic acids is 1. The van der Waals surface area contributed by atoms with Crippen LogP contribution in [0.1, 0.15) is 6.42 Å². The molecule has 72 valence electrons. The molecule has 5 heteroatoms. The molecule has 5 nitrogen and oxygen atoms in total. The van der Waals surface area contributed by atoms with Crippen molar-refractivity contribution in [2.24, 2.45) is 11.7 Å². The van der Waals surface area contributed by atoms with Gasteiger partial charge in [0.1, 0.15) is 0 Å². The maximum Gasteiger partial charge on any atom is 0.307 e. The van der Waals surface area contributed by atoms with E-state index in [4.69, 9.17) is 10.8 Å². The Kier molecular flexibility index (Phi) is 3.45. The lowest BCUT2D eigenvalue weighted by molar-refractivity contribution is -0.141. The highest BCUT2D eigenvalue weighted by Gasteiger charge is 2.14. The number of rotatable bonds is 5. The van der Waals surface area contributed by atoms with Crippen LogP contribution in [0, 0.1) is 5.92 Å². The molecule has 0 saturated carbocycles. The number of hydrogen-bond donors (Lipinski definition) is 2. The first-order valence-corrected chi connectivity index (χ1v) is 4.14. The van der Waals surface area contributed by atoms with E-state index in [1.807, 2.05) is 0 Å². The Bertz CT molecular complexity index is 258. The fourth-order valence-corrected chi connectivity index (χ4v) is 1.06. The second-order valence-electron chi connectivity index (χ2n) is 2.83. The van der Waals surface area contributed by atoms with Crippen LogP contribution in [0.4, 0.5) is 0 Å². The molecule has 1 unspecified atom stereocenters. The van der Waals surface area contributed by atoms with Crippen LogP contribution in [-0.2, 0) is 11.3 Å². The van der Waals surface area contributed by atoms with E-state index < -0.39 is 11.9 Å². The summed E-state index contributed by atoms with van der Waals surface area (Å²) in [4.78, 5) is 10.6. The van der Waals surface area contributed by atoms with Crippen LogP contribution >= 0.6 is 0 Å². The van der Waals surface area contributed by atoms with Crippen molar-refractivity contribution in [3.8, 4) is 0 Å². The Morgan fingerprint density at radius 2 is 2.46 bits per heavy atom. The summed E-state index contributed by atoms with van der Waals surface area (Å²) in [6.45, 7) is 0.776. The smallest absolute Gasteiger partial charge is 0.307 e. The molecule has 1 heterocycles. The first-order chi connectivity index (χ1) is 6.24. The van der Waals surface area contributed by atoms with Crippen molar-refractivity contribution in [3.05, 3.63) is 18.5 Å². The molecule has 0 aromatic carbocycles. The van der Waals surface area contributed by atoms with E-state index in [9.17, 15) is 4.79 Å². The summed E-state index contributed by atoms with van der Waals surface area (Å²) in [5.74, 6) is -1.31. The van der Waals surface area contributed by atoms with Gasteiger partial charge < -0.3 is 10.8 Å². The van der Waals surface area contributed by atoms with Gasteiger partial charge >= 0.3 is 5.97 Å². The molecule has 0 fully saturated rings. The maximum atomic E-state index is 10.6. The zero-order valence-electron chi connectivity index (χ0n) is 7.26. The minimum absolute atomic E-state index is 0.177. The predicted molar refractivity (Wildman–Crippen MR) is 47.0 cm³/mol. The molecule has 0 amide bonds. The van der Waals surface area contributed by atoms with Crippen LogP contribution in [0.3, 0.4) is 0 Å². The predicted octanol–water partition coefficient (Wildman–Crippen LogP) is -0.0673. The van der Waals surface area contributed by atoms with Crippen LogP contribution in [-0.4, -0.2) is 27.4 Å². The van der Waals surface area contributed by atoms with Crippen molar-refractivity contribution in [2.75, 3.05) is 6.54 Å². The maximum absolute atomic E-state index is 10.6. The van der Waals surface area contributed by atoms with Gasteiger partial charge in [0.05, 0.1) is 5.92 Å². The normalized spacial score (nSPS) is 12.7. The zero-order chi connectivity index (χ0) is 9.68. The highest BCUT2D eigenvalue weighted by atomic mass is 16.4. The third-order valence-electron chi connectivity index (χ3n) is 1.90. The number of hydrogen-bond acceptors (Lipinski definition) is 3. The van der Waals surface area contributed by atoms with Gasteiger partial charge in [0, 0.05) is 25.5 Å². The van der Waals surface area contributed by atoms with Gasteiger partial charge in [-0.05, 0) is 12.5 Å². The van der Waals surface area contributed by atoms with Gasteiger partial charge in [0.15, 0.2) is 0 Å². The highest BCUT2D eigenvalue weighted by Crippen LogP contribution is 2.02. The van der Waals surface area contributed by atoms with Crippen LogP contribution in [0.5, 0.6) is 0 Å². The number of carboxylic acid groups (broad SMARTS) is 1. The van der Waals surface area contributed by atoms with Crippen molar-refractivity contribution < 1.29 is 9.90 Å². The lowest BCUT2D eigenvalue weighted by Crippen LogP contribution is -2.24. The Balaban J connectivity index is 2.36. The minimum Gasteiger partial charge on any atom is -0.481 e. The topological polar surface area (TPSA) is 81.1 Å². The number of nitrogens with zero attached hydrogens (tertiary/aromatic N) is 2. The molecule has 0 aliphatic rings. The average Bonchev–Trinajstić information content (AvgIpc) is 2.57. The Hall–Kier alpha value is -1.36. The summed E-state index contributed by atoms with van der Waals surface area (Å²) in [7, 11) is 0. The fraction of sp³-hybridized carbons (Fsp3) is 0.500. The average molecular weight is 183 g/mol. The molecule has 1 rings (SSSR count). The number of aliphatic carboxylic acids is 1. The van der Waals surface area contributed by atoms with E-state index in [1.165, 1.54) is 0 Å². The quantitative estimate of drug-likeness (QED) is 0.669. The van der Waals surface area contributed by atoms with Crippen molar-refractivity contribution in [1.29, 1.82) is 0 Å². The van der Waals surface area contributed by atoms with Gasteiger partial charge in [-0.3, -0.25) is 9.48 Å². The van der Waals surface area contributed by atoms with Crippen LogP contribution in [0.15, 0.2) is 18.5 Å². The monoisotopic (exact) mass is 183 g/mol. The zero-order valence-corrected chi connectivity index (χ0v) is 7.26. The van der Waals surface area contributed by atoms with E-state index in [-0.39, 0.29) is 6.54 Å². The summed E-state index contributed by atoms with van der Waals surface area (Å²) in [6.07, 6.45) is 3.99. The molecule has 0 spiro atoms. The molecule has 0 aliphatic carbocycles. The molecule has 0 radical (unpaired) electrons. The number of carbonyl (C=O) groups is 1. The summed E-state index contributed by atoms with van der Waals surface area (Å²) < 4.78 is 1.70. The number of aryl methyl sites for hydroxylation is 1. The van der Waals surface area contributed by atoms with Gasteiger partial charge in [0.25, 0.3) is 0 Å². The molecule has 0 bridgehead atoms. The molecular weight excluding hydrogens is 170 g/mol. The molecule has 13 heavy (non-hydrogen) atoms. The third-order valence-corrected chi connectivity index (χ3v) is 1.90. The standard InChI is InChI=1S/C8H13N3O2/c9-6-7(8(12)13)2-5-11-4-1-3-10-11/h1,3-4,7H,2,5-6,9H2,(H,12,13). The van der Waals surface area contributed by atoms with E-state index in [2.05, 4.69) is 5.10 Å². The Labute approximate surface area is 76.2 Å². The van der Waals surface area contributed by atoms with Gasteiger partial charge in [-0.2, -0.15) is 5.10 Å². The highest BCUT2D eigenvalue weighted by molar-refractivity contribution is 5.70. The summed E-state index contributed by atoms with van der Waals surface area (Å²) >= 11 is 0. The first-order valence-electron chi connectivity index (χ1n) is 4.14. The van der Waals surface area contributed by atoms with E-state index in [0.29, 0.717) is 13.0 Å². The van der Waals surface area contributed by atoms with Gasteiger partial charge in [-0.25, -0.2) is 0 Å². The van der Waals surface area contributed by atoms with Gasteiger partial charge in [-0.1, -0.05) is 0 Å². The van der Waals surface area contributed by atoms with Crippen LogP contribution < -0.4 is 5.73 Å². The number of aromatic nitrogens is 2. The minimum atomic E-state index is -0.838. The van der Waals surface area contributed by atoms with Crippen molar-refractivity contribution >= 4 is 5.97 Å². The Morgan fingerprint density at radius 1 is 1.69 bits per heavy atom. The molecule has 3 N–H and O–H groups in total. The molecular formula is C8H13N3O2.